The lowest BCUT2D eigenvalue weighted by Gasteiger charge is -2.05. The summed E-state index contributed by atoms with van der Waals surface area (Å²) in [5.41, 5.74) is 3.46. The molecular weight excluding hydrogens is 224 g/mol. The molecule has 0 fully saturated rings. The average Bonchev–Trinajstić information content (AvgIpc) is 2.46. The Hall–Kier alpha value is -2.67. The van der Waals surface area contributed by atoms with Crippen molar-refractivity contribution in [3.63, 3.8) is 0 Å². The van der Waals surface area contributed by atoms with Gasteiger partial charge in [0.05, 0.1) is 17.3 Å². The van der Waals surface area contributed by atoms with Crippen molar-refractivity contribution in [2.24, 2.45) is 10.9 Å². The molecule has 2 aromatic rings. The standard InChI is InChI=1S/C14H12N4/c15-10-12-3-1-11(2-4-12)9-14(18-16)13-5-7-17-8-6-13/h1-8H,9,16H2. The highest BCUT2D eigenvalue weighted by atomic mass is 15.1. The number of nitriles is 1. The fourth-order valence-electron chi connectivity index (χ4n) is 1.66. The molecule has 0 amide bonds. The van der Waals surface area contributed by atoms with Crippen LogP contribution in [0.4, 0.5) is 0 Å². The van der Waals surface area contributed by atoms with Crippen LogP contribution in [-0.2, 0) is 6.42 Å². The Balaban J connectivity index is 2.19. The van der Waals surface area contributed by atoms with Crippen LogP contribution in [0.25, 0.3) is 0 Å². The lowest BCUT2D eigenvalue weighted by molar-refractivity contribution is 1.18. The second-order valence-electron chi connectivity index (χ2n) is 3.80. The van der Waals surface area contributed by atoms with E-state index in [1.807, 2.05) is 24.3 Å². The zero-order chi connectivity index (χ0) is 12.8. The van der Waals surface area contributed by atoms with Gasteiger partial charge in [-0.3, -0.25) is 4.98 Å². The number of rotatable bonds is 3. The molecule has 0 bridgehead atoms. The third kappa shape index (κ3) is 2.71. The topological polar surface area (TPSA) is 75.1 Å². The Bertz CT molecular complexity index is 579. The minimum Gasteiger partial charge on any atom is -0.323 e. The molecule has 4 nitrogen and oxygen atoms in total. The van der Waals surface area contributed by atoms with Gasteiger partial charge < -0.3 is 5.84 Å². The molecule has 4 heteroatoms. The van der Waals surface area contributed by atoms with Gasteiger partial charge in [-0.1, -0.05) is 12.1 Å². The van der Waals surface area contributed by atoms with Crippen molar-refractivity contribution >= 4 is 5.71 Å². The number of benzene rings is 1. The van der Waals surface area contributed by atoms with E-state index in [1.165, 1.54) is 0 Å². The summed E-state index contributed by atoms with van der Waals surface area (Å²) in [7, 11) is 0. The van der Waals surface area contributed by atoms with Crippen molar-refractivity contribution < 1.29 is 0 Å². The molecule has 0 atom stereocenters. The molecule has 0 unspecified atom stereocenters. The highest BCUT2D eigenvalue weighted by Gasteiger charge is 2.04. The van der Waals surface area contributed by atoms with Gasteiger partial charge in [-0.2, -0.15) is 10.4 Å². The molecule has 0 saturated heterocycles. The highest BCUT2D eigenvalue weighted by Crippen LogP contribution is 2.09. The average molecular weight is 236 g/mol. The summed E-state index contributed by atoms with van der Waals surface area (Å²) in [6, 6.07) is 13.2. The SMILES string of the molecule is N#Cc1ccc(CC(=NN)c2ccncc2)cc1. The van der Waals surface area contributed by atoms with Gasteiger partial charge in [0, 0.05) is 24.4 Å². The summed E-state index contributed by atoms with van der Waals surface area (Å²) in [5.74, 6) is 5.42. The first-order valence-electron chi connectivity index (χ1n) is 5.49. The van der Waals surface area contributed by atoms with E-state index in [1.54, 1.807) is 24.5 Å². The Labute approximate surface area is 105 Å². The number of hydrogen-bond donors (Lipinski definition) is 1. The van der Waals surface area contributed by atoms with Crippen molar-refractivity contribution in [1.82, 2.24) is 4.98 Å². The van der Waals surface area contributed by atoms with E-state index in [2.05, 4.69) is 16.2 Å². The second kappa shape index (κ2) is 5.60. The van der Waals surface area contributed by atoms with Crippen molar-refractivity contribution in [3.05, 3.63) is 65.5 Å². The Morgan fingerprint density at radius 3 is 2.39 bits per heavy atom. The molecule has 0 saturated carbocycles. The minimum absolute atomic E-state index is 0.631. The molecule has 2 rings (SSSR count). The van der Waals surface area contributed by atoms with E-state index in [9.17, 15) is 0 Å². The Morgan fingerprint density at radius 2 is 1.83 bits per heavy atom. The number of hydrazone groups is 1. The summed E-state index contributed by atoms with van der Waals surface area (Å²) in [5, 5.41) is 12.6. The van der Waals surface area contributed by atoms with Crippen molar-refractivity contribution in [3.8, 4) is 6.07 Å². The molecule has 2 N–H and O–H groups in total. The lowest BCUT2D eigenvalue weighted by Crippen LogP contribution is -2.08. The molecule has 88 valence electrons. The molecule has 1 aromatic carbocycles. The molecule has 0 aliphatic carbocycles. The number of hydrogen-bond acceptors (Lipinski definition) is 4. The van der Waals surface area contributed by atoms with Crippen LogP contribution >= 0.6 is 0 Å². The van der Waals surface area contributed by atoms with E-state index >= 15 is 0 Å². The maximum atomic E-state index is 8.73. The van der Waals surface area contributed by atoms with Gasteiger partial charge in [0.25, 0.3) is 0 Å². The van der Waals surface area contributed by atoms with Gasteiger partial charge in [-0.05, 0) is 29.8 Å². The van der Waals surface area contributed by atoms with Crippen LogP contribution in [0.1, 0.15) is 16.7 Å². The third-order valence-electron chi connectivity index (χ3n) is 2.62. The zero-order valence-electron chi connectivity index (χ0n) is 9.74. The van der Waals surface area contributed by atoms with Crippen LogP contribution in [0.5, 0.6) is 0 Å². The summed E-state index contributed by atoms with van der Waals surface area (Å²) < 4.78 is 0. The van der Waals surface area contributed by atoms with E-state index in [-0.39, 0.29) is 0 Å². The predicted octanol–water partition coefficient (Wildman–Crippen LogP) is 1.86. The van der Waals surface area contributed by atoms with Crippen molar-refractivity contribution in [1.29, 1.82) is 5.26 Å². The largest absolute Gasteiger partial charge is 0.323 e. The Morgan fingerprint density at radius 1 is 1.17 bits per heavy atom. The van der Waals surface area contributed by atoms with Crippen LogP contribution in [0, 0.1) is 11.3 Å². The number of pyridine rings is 1. The molecule has 1 heterocycles. The fraction of sp³-hybridized carbons (Fsp3) is 0.0714. The molecular formula is C14H12N4. The monoisotopic (exact) mass is 236 g/mol. The summed E-state index contributed by atoms with van der Waals surface area (Å²) >= 11 is 0. The zero-order valence-corrected chi connectivity index (χ0v) is 9.74. The fourth-order valence-corrected chi connectivity index (χ4v) is 1.66. The van der Waals surface area contributed by atoms with Gasteiger partial charge in [-0.15, -0.1) is 0 Å². The van der Waals surface area contributed by atoms with E-state index in [0.717, 1.165) is 16.8 Å². The molecule has 18 heavy (non-hydrogen) atoms. The van der Waals surface area contributed by atoms with Gasteiger partial charge in [0.15, 0.2) is 0 Å². The van der Waals surface area contributed by atoms with Crippen molar-refractivity contribution in [2.75, 3.05) is 0 Å². The van der Waals surface area contributed by atoms with E-state index in [4.69, 9.17) is 11.1 Å². The molecule has 0 aliphatic heterocycles. The summed E-state index contributed by atoms with van der Waals surface area (Å²) in [4.78, 5) is 3.96. The first kappa shape index (κ1) is 11.8. The van der Waals surface area contributed by atoms with E-state index in [0.29, 0.717) is 12.0 Å². The van der Waals surface area contributed by atoms with Crippen LogP contribution in [-0.4, -0.2) is 10.7 Å². The van der Waals surface area contributed by atoms with E-state index < -0.39 is 0 Å². The lowest BCUT2D eigenvalue weighted by atomic mass is 10.0. The van der Waals surface area contributed by atoms with Crippen LogP contribution < -0.4 is 5.84 Å². The Kier molecular flexibility index (Phi) is 3.67. The molecule has 0 spiro atoms. The van der Waals surface area contributed by atoms with Crippen LogP contribution in [0.2, 0.25) is 0 Å². The quantitative estimate of drug-likeness (QED) is 0.502. The van der Waals surface area contributed by atoms with Crippen LogP contribution in [0.3, 0.4) is 0 Å². The number of nitrogens with zero attached hydrogens (tertiary/aromatic N) is 3. The molecule has 1 aromatic heterocycles. The highest BCUT2D eigenvalue weighted by molar-refractivity contribution is 6.01. The third-order valence-corrected chi connectivity index (χ3v) is 2.62. The smallest absolute Gasteiger partial charge is 0.0991 e. The first-order chi connectivity index (χ1) is 8.83. The molecule has 0 aliphatic rings. The van der Waals surface area contributed by atoms with Gasteiger partial charge >= 0.3 is 0 Å². The van der Waals surface area contributed by atoms with Gasteiger partial charge in [0.1, 0.15) is 0 Å². The predicted molar refractivity (Wildman–Crippen MR) is 69.8 cm³/mol. The number of aromatic nitrogens is 1. The van der Waals surface area contributed by atoms with Crippen LogP contribution in [0.15, 0.2) is 53.9 Å². The molecule has 0 radical (unpaired) electrons. The van der Waals surface area contributed by atoms with Gasteiger partial charge in [0.2, 0.25) is 0 Å². The minimum atomic E-state index is 0.631. The normalized spacial score (nSPS) is 10.9. The maximum absolute atomic E-state index is 8.73. The van der Waals surface area contributed by atoms with Gasteiger partial charge in [-0.25, -0.2) is 0 Å². The first-order valence-corrected chi connectivity index (χ1v) is 5.49. The summed E-state index contributed by atoms with van der Waals surface area (Å²) in [6.45, 7) is 0. The summed E-state index contributed by atoms with van der Waals surface area (Å²) in [6.07, 6.45) is 4.05. The second-order valence-corrected chi connectivity index (χ2v) is 3.80. The number of nitrogens with two attached hydrogens (primary N) is 1. The van der Waals surface area contributed by atoms with Crippen molar-refractivity contribution in [2.45, 2.75) is 6.42 Å². The maximum Gasteiger partial charge on any atom is 0.0991 e.